The average molecular weight is 278 g/mol. The molecule has 4 heteroatoms. The molecule has 0 atom stereocenters. The van der Waals surface area contributed by atoms with E-state index in [1.54, 1.807) is 7.05 Å². The van der Waals surface area contributed by atoms with Crippen LogP contribution >= 0.6 is 0 Å². The molecule has 1 N–H and O–H groups in total. The molecule has 0 aromatic heterocycles. The number of hydrogen-bond donors (Lipinski definition) is 1. The van der Waals surface area contributed by atoms with Gasteiger partial charge in [0.2, 0.25) is 5.91 Å². The van der Waals surface area contributed by atoms with Crippen molar-refractivity contribution in [1.29, 1.82) is 0 Å². The number of nitrogens with one attached hydrogen (secondary N) is 1. The highest BCUT2D eigenvalue weighted by Gasteiger charge is 2.05. The van der Waals surface area contributed by atoms with E-state index in [0.29, 0.717) is 12.8 Å². The lowest BCUT2D eigenvalue weighted by Gasteiger charge is -2.12. The zero-order valence-electron chi connectivity index (χ0n) is 12.8. The number of aryl methyl sites for hydroxylation is 1. The lowest BCUT2D eigenvalue weighted by Crippen LogP contribution is -2.18. The van der Waals surface area contributed by atoms with E-state index < -0.39 is 0 Å². The van der Waals surface area contributed by atoms with E-state index in [2.05, 4.69) is 24.3 Å². The number of rotatable bonds is 9. The summed E-state index contributed by atoms with van der Waals surface area (Å²) < 4.78 is 5.83. The molecule has 0 radical (unpaired) electrons. The summed E-state index contributed by atoms with van der Waals surface area (Å²) in [7, 11) is 5.82. The molecule has 0 fully saturated rings. The van der Waals surface area contributed by atoms with Gasteiger partial charge >= 0.3 is 0 Å². The van der Waals surface area contributed by atoms with Crippen molar-refractivity contribution >= 4 is 5.91 Å². The van der Waals surface area contributed by atoms with Crippen molar-refractivity contribution in [2.45, 2.75) is 25.7 Å². The molecule has 0 saturated carbocycles. The Morgan fingerprint density at radius 1 is 1.25 bits per heavy atom. The Bertz CT molecular complexity index is 405. The minimum absolute atomic E-state index is 0.0609. The first-order valence-electron chi connectivity index (χ1n) is 7.19. The maximum atomic E-state index is 11.3. The second kappa shape index (κ2) is 9.37. The number of nitrogens with zero attached hydrogens (tertiary/aromatic N) is 1. The van der Waals surface area contributed by atoms with Crippen LogP contribution in [0, 0.1) is 0 Å². The van der Waals surface area contributed by atoms with Gasteiger partial charge in [0.1, 0.15) is 5.75 Å². The Balaban J connectivity index is 2.38. The number of carbonyl (C=O) groups is 1. The Morgan fingerprint density at radius 2 is 2.00 bits per heavy atom. The normalized spacial score (nSPS) is 10.6. The third kappa shape index (κ3) is 6.57. The van der Waals surface area contributed by atoms with Gasteiger partial charge in [0.15, 0.2) is 0 Å². The quantitative estimate of drug-likeness (QED) is 0.703. The maximum absolute atomic E-state index is 11.3. The van der Waals surface area contributed by atoms with Gasteiger partial charge in [-0.25, -0.2) is 0 Å². The number of ether oxygens (including phenoxy) is 1. The summed E-state index contributed by atoms with van der Waals surface area (Å²) in [5, 5.41) is 2.64. The SMILES string of the molecule is CNC(=O)CCc1ccccc1OCCCCN(C)C. The number of carbonyl (C=O) groups excluding carboxylic acids is 1. The molecule has 0 heterocycles. The van der Waals surface area contributed by atoms with Crippen LogP contribution < -0.4 is 10.1 Å². The fraction of sp³-hybridized carbons (Fsp3) is 0.562. The molecule has 0 spiro atoms. The fourth-order valence-corrected chi connectivity index (χ4v) is 1.94. The van der Waals surface area contributed by atoms with E-state index in [0.717, 1.165) is 37.3 Å². The molecule has 112 valence electrons. The summed E-state index contributed by atoms with van der Waals surface area (Å²) in [4.78, 5) is 13.5. The zero-order valence-corrected chi connectivity index (χ0v) is 12.8. The predicted molar refractivity (Wildman–Crippen MR) is 82.1 cm³/mol. The van der Waals surface area contributed by atoms with Gasteiger partial charge in [-0.3, -0.25) is 4.79 Å². The van der Waals surface area contributed by atoms with Crippen LogP contribution in [-0.4, -0.2) is 45.1 Å². The number of benzene rings is 1. The molecule has 20 heavy (non-hydrogen) atoms. The smallest absolute Gasteiger partial charge is 0.220 e. The standard InChI is InChI=1S/C16H26N2O2/c1-17-16(19)11-10-14-8-4-5-9-15(14)20-13-7-6-12-18(2)3/h4-5,8-9H,6-7,10-13H2,1-3H3,(H,17,19). The van der Waals surface area contributed by atoms with Crippen LogP contribution in [0.1, 0.15) is 24.8 Å². The van der Waals surface area contributed by atoms with Gasteiger partial charge in [-0.2, -0.15) is 0 Å². The van der Waals surface area contributed by atoms with Gasteiger partial charge in [0.05, 0.1) is 6.61 Å². The lowest BCUT2D eigenvalue weighted by atomic mass is 10.1. The van der Waals surface area contributed by atoms with Crippen LogP contribution in [0.15, 0.2) is 24.3 Å². The molecule has 4 nitrogen and oxygen atoms in total. The molecule has 0 aliphatic carbocycles. The summed E-state index contributed by atoms with van der Waals surface area (Å²) in [6, 6.07) is 7.96. The van der Waals surface area contributed by atoms with Gasteiger partial charge in [0.25, 0.3) is 0 Å². The fourth-order valence-electron chi connectivity index (χ4n) is 1.94. The van der Waals surface area contributed by atoms with Crippen LogP contribution in [0.3, 0.4) is 0 Å². The first-order chi connectivity index (χ1) is 9.63. The molecule has 0 bridgehead atoms. The number of para-hydroxylation sites is 1. The van der Waals surface area contributed by atoms with E-state index in [4.69, 9.17) is 4.74 Å². The van der Waals surface area contributed by atoms with Crippen molar-refractivity contribution in [3.05, 3.63) is 29.8 Å². The highest BCUT2D eigenvalue weighted by molar-refractivity contribution is 5.75. The molecule has 0 aliphatic heterocycles. The number of unbranched alkanes of at least 4 members (excludes halogenated alkanes) is 1. The second-order valence-corrected chi connectivity index (χ2v) is 5.14. The third-order valence-corrected chi connectivity index (χ3v) is 3.13. The van der Waals surface area contributed by atoms with Crippen LogP contribution in [0.5, 0.6) is 5.75 Å². The Hall–Kier alpha value is -1.55. The second-order valence-electron chi connectivity index (χ2n) is 5.14. The molecule has 1 aromatic carbocycles. The molecule has 0 unspecified atom stereocenters. The largest absolute Gasteiger partial charge is 0.493 e. The van der Waals surface area contributed by atoms with E-state index in [1.807, 2.05) is 24.3 Å². The van der Waals surface area contributed by atoms with Crippen molar-refractivity contribution in [3.63, 3.8) is 0 Å². The molecule has 0 aliphatic rings. The van der Waals surface area contributed by atoms with Crippen LogP contribution in [0.25, 0.3) is 0 Å². The third-order valence-electron chi connectivity index (χ3n) is 3.13. The van der Waals surface area contributed by atoms with Crippen molar-refractivity contribution in [1.82, 2.24) is 10.2 Å². The summed E-state index contributed by atoms with van der Waals surface area (Å²) in [5.41, 5.74) is 1.10. The van der Waals surface area contributed by atoms with E-state index in [-0.39, 0.29) is 5.91 Å². The summed E-state index contributed by atoms with van der Waals surface area (Å²) in [5.74, 6) is 0.965. The molecule has 1 rings (SSSR count). The van der Waals surface area contributed by atoms with Crippen molar-refractivity contribution in [2.75, 3.05) is 34.3 Å². The van der Waals surface area contributed by atoms with Gasteiger partial charge < -0.3 is 15.0 Å². The molecular formula is C16H26N2O2. The van der Waals surface area contributed by atoms with Crippen LogP contribution in [-0.2, 0) is 11.2 Å². The minimum atomic E-state index is 0.0609. The predicted octanol–water partition coefficient (Wildman–Crippen LogP) is 2.09. The molecule has 1 amide bonds. The Labute approximate surface area is 122 Å². The number of amides is 1. The first kappa shape index (κ1) is 16.5. The number of hydrogen-bond acceptors (Lipinski definition) is 3. The summed E-state index contributed by atoms with van der Waals surface area (Å²) >= 11 is 0. The van der Waals surface area contributed by atoms with Crippen molar-refractivity contribution in [3.8, 4) is 5.75 Å². The highest BCUT2D eigenvalue weighted by Crippen LogP contribution is 2.19. The van der Waals surface area contributed by atoms with E-state index >= 15 is 0 Å². The van der Waals surface area contributed by atoms with Crippen molar-refractivity contribution < 1.29 is 9.53 Å². The lowest BCUT2D eigenvalue weighted by molar-refractivity contribution is -0.120. The van der Waals surface area contributed by atoms with E-state index in [1.165, 1.54) is 0 Å². The maximum Gasteiger partial charge on any atom is 0.220 e. The van der Waals surface area contributed by atoms with E-state index in [9.17, 15) is 4.79 Å². The van der Waals surface area contributed by atoms with Crippen molar-refractivity contribution in [2.24, 2.45) is 0 Å². The van der Waals surface area contributed by atoms with Gasteiger partial charge in [-0.15, -0.1) is 0 Å². The highest BCUT2D eigenvalue weighted by atomic mass is 16.5. The van der Waals surface area contributed by atoms with Gasteiger partial charge in [-0.05, 0) is 51.5 Å². The van der Waals surface area contributed by atoms with Gasteiger partial charge in [0, 0.05) is 13.5 Å². The Kier molecular flexibility index (Phi) is 7.73. The summed E-state index contributed by atoms with van der Waals surface area (Å²) in [6.07, 6.45) is 3.39. The summed E-state index contributed by atoms with van der Waals surface area (Å²) in [6.45, 7) is 1.81. The topological polar surface area (TPSA) is 41.6 Å². The van der Waals surface area contributed by atoms with Gasteiger partial charge in [-0.1, -0.05) is 18.2 Å². The molecular weight excluding hydrogens is 252 g/mol. The average Bonchev–Trinajstić information content (AvgIpc) is 2.45. The first-order valence-corrected chi connectivity index (χ1v) is 7.19. The van der Waals surface area contributed by atoms with Crippen LogP contribution in [0.4, 0.5) is 0 Å². The zero-order chi connectivity index (χ0) is 14.8. The van der Waals surface area contributed by atoms with Crippen LogP contribution in [0.2, 0.25) is 0 Å². The minimum Gasteiger partial charge on any atom is -0.493 e. The monoisotopic (exact) mass is 278 g/mol. The Morgan fingerprint density at radius 3 is 2.70 bits per heavy atom. The molecule has 0 saturated heterocycles. The molecule has 1 aromatic rings.